The van der Waals surface area contributed by atoms with Crippen LogP contribution < -0.4 is 20.7 Å². The lowest BCUT2D eigenvalue weighted by Crippen LogP contribution is -2.54. The first-order valence-electron chi connectivity index (χ1n) is 13.8. The molecule has 0 aliphatic carbocycles. The van der Waals surface area contributed by atoms with Crippen molar-refractivity contribution in [3.05, 3.63) is 59.9 Å². The van der Waals surface area contributed by atoms with Crippen LogP contribution in [0, 0.1) is 11.8 Å². The Kier molecular flexibility index (Phi) is 11.0. The van der Waals surface area contributed by atoms with Crippen LogP contribution in [-0.4, -0.2) is 65.3 Å². The molecular formula is C30H41N5O5. The zero-order valence-corrected chi connectivity index (χ0v) is 24.0. The average molecular weight is 552 g/mol. The summed E-state index contributed by atoms with van der Waals surface area (Å²) in [6.45, 7) is 8.44. The predicted molar refractivity (Wildman–Crippen MR) is 151 cm³/mol. The third kappa shape index (κ3) is 8.79. The van der Waals surface area contributed by atoms with Gasteiger partial charge in [-0.2, -0.15) is 0 Å². The van der Waals surface area contributed by atoms with Crippen LogP contribution in [-0.2, 0) is 20.9 Å². The Bertz CT molecular complexity index is 1170. The van der Waals surface area contributed by atoms with Crippen LogP contribution in [0.25, 0.3) is 0 Å². The van der Waals surface area contributed by atoms with E-state index in [1.807, 2.05) is 19.9 Å². The normalized spacial score (nSPS) is 20.7. The fourth-order valence-corrected chi connectivity index (χ4v) is 4.67. The Morgan fingerprint density at radius 3 is 2.45 bits per heavy atom. The number of ether oxygens (including phenoxy) is 1. The maximum Gasteiger partial charge on any atom is 0.255 e. The first-order chi connectivity index (χ1) is 19.0. The van der Waals surface area contributed by atoms with Crippen LogP contribution >= 0.6 is 0 Å². The van der Waals surface area contributed by atoms with E-state index in [1.54, 1.807) is 54.7 Å². The highest BCUT2D eigenvalue weighted by molar-refractivity contribution is 6.01. The van der Waals surface area contributed by atoms with Crippen molar-refractivity contribution in [1.29, 1.82) is 0 Å². The summed E-state index contributed by atoms with van der Waals surface area (Å²) in [6, 6.07) is 8.07. The van der Waals surface area contributed by atoms with Gasteiger partial charge in [-0.1, -0.05) is 45.9 Å². The molecule has 0 unspecified atom stereocenters. The van der Waals surface area contributed by atoms with Crippen LogP contribution in [0.1, 0.15) is 62.9 Å². The van der Waals surface area contributed by atoms with Crippen LogP contribution in [0.5, 0.6) is 5.75 Å². The number of carbonyl (C=O) groups excluding carboxylic acids is 4. The smallest absolute Gasteiger partial charge is 0.255 e. The highest BCUT2D eigenvalue weighted by Gasteiger charge is 2.32. The molecule has 1 aliphatic rings. The number of hydrogen-bond acceptors (Lipinski definition) is 6. The van der Waals surface area contributed by atoms with Gasteiger partial charge in [-0.05, 0) is 48.4 Å². The SMILES string of the molecule is CC(C)C[C@H]1COc2ccccc2C(=O)N[C@H](C(=O)NCc2cccnc2)CC(=O)N[C@H](CC(C)C)C(=O)N1C. The minimum atomic E-state index is -1.18. The number of pyridine rings is 1. The number of aromatic nitrogens is 1. The summed E-state index contributed by atoms with van der Waals surface area (Å²) in [7, 11) is 1.72. The first kappa shape index (κ1) is 30.6. The molecule has 3 atom stereocenters. The maximum absolute atomic E-state index is 13.7. The Morgan fingerprint density at radius 2 is 1.77 bits per heavy atom. The first-order valence-corrected chi connectivity index (χ1v) is 13.8. The average Bonchev–Trinajstić information content (AvgIpc) is 2.92. The number of carbonyl (C=O) groups is 4. The van der Waals surface area contributed by atoms with Crippen molar-refractivity contribution in [1.82, 2.24) is 25.8 Å². The molecule has 3 N–H and O–H groups in total. The molecule has 0 fully saturated rings. The standard InChI is InChI=1S/C30H41N5O5/c1-19(2)13-22-18-40-26-11-7-6-10-23(26)28(37)34-24(29(38)32-17-21-9-8-12-31-16-21)15-27(36)33-25(14-20(3)4)30(39)35(22)5/h6-12,16,19-20,22,24-25H,13-15,17-18H2,1-5H3,(H,32,38)(H,33,36)(H,34,37)/t22-,24-,25+/m0/s1. The van der Waals surface area contributed by atoms with Crippen molar-refractivity contribution in [2.45, 2.75) is 71.6 Å². The molecule has 40 heavy (non-hydrogen) atoms. The molecular weight excluding hydrogens is 510 g/mol. The molecule has 216 valence electrons. The van der Waals surface area contributed by atoms with Gasteiger partial charge >= 0.3 is 0 Å². The predicted octanol–water partition coefficient (Wildman–Crippen LogP) is 2.68. The van der Waals surface area contributed by atoms with Gasteiger partial charge in [0.25, 0.3) is 5.91 Å². The number of nitrogens with one attached hydrogen (secondary N) is 3. The van der Waals surface area contributed by atoms with Gasteiger partial charge in [-0.25, -0.2) is 0 Å². The van der Waals surface area contributed by atoms with Crippen molar-refractivity contribution >= 4 is 23.6 Å². The Balaban J connectivity index is 1.94. The lowest BCUT2D eigenvalue weighted by molar-refractivity contribution is -0.138. The van der Waals surface area contributed by atoms with Gasteiger partial charge in [0.05, 0.1) is 18.0 Å². The Morgan fingerprint density at radius 1 is 1.05 bits per heavy atom. The van der Waals surface area contributed by atoms with Gasteiger partial charge in [-0.15, -0.1) is 0 Å². The Hall–Kier alpha value is -3.95. The topological polar surface area (TPSA) is 130 Å². The molecule has 1 aromatic heterocycles. The minimum Gasteiger partial charge on any atom is -0.491 e. The van der Waals surface area contributed by atoms with E-state index in [2.05, 4.69) is 34.8 Å². The second kappa shape index (κ2) is 14.4. The van der Waals surface area contributed by atoms with E-state index in [4.69, 9.17) is 4.74 Å². The molecule has 0 saturated heterocycles. The lowest BCUT2D eigenvalue weighted by Gasteiger charge is -2.33. The highest BCUT2D eigenvalue weighted by atomic mass is 16.5. The summed E-state index contributed by atoms with van der Waals surface area (Å²) < 4.78 is 6.12. The van der Waals surface area contributed by atoms with Crippen LogP contribution in [0.2, 0.25) is 0 Å². The molecule has 10 heteroatoms. The van der Waals surface area contributed by atoms with Crippen LogP contribution in [0.15, 0.2) is 48.8 Å². The minimum absolute atomic E-state index is 0.131. The van der Waals surface area contributed by atoms with Crippen molar-refractivity contribution < 1.29 is 23.9 Å². The van der Waals surface area contributed by atoms with Crippen molar-refractivity contribution in [3.63, 3.8) is 0 Å². The summed E-state index contributed by atoms with van der Waals surface area (Å²) in [5.41, 5.74) is 1.01. The van der Waals surface area contributed by atoms with Gasteiger partial charge in [-0.3, -0.25) is 24.2 Å². The number of benzene rings is 1. The third-order valence-electron chi connectivity index (χ3n) is 6.74. The van der Waals surface area contributed by atoms with E-state index in [1.165, 1.54) is 0 Å². The summed E-state index contributed by atoms with van der Waals surface area (Å²) >= 11 is 0. The van der Waals surface area contributed by atoms with E-state index in [9.17, 15) is 19.2 Å². The summed E-state index contributed by atoms with van der Waals surface area (Å²) in [5.74, 6) is -1.04. The quantitative estimate of drug-likeness (QED) is 0.485. The van der Waals surface area contributed by atoms with Gasteiger partial charge in [0.1, 0.15) is 24.4 Å². The van der Waals surface area contributed by atoms with Gasteiger partial charge < -0.3 is 25.6 Å². The largest absolute Gasteiger partial charge is 0.491 e. The molecule has 1 aromatic carbocycles. The molecule has 10 nitrogen and oxygen atoms in total. The number of para-hydroxylation sites is 1. The van der Waals surface area contributed by atoms with Gasteiger partial charge in [0.15, 0.2) is 0 Å². The number of amides is 4. The van der Waals surface area contributed by atoms with E-state index in [0.717, 1.165) is 5.56 Å². The van der Waals surface area contributed by atoms with Crippen LogP contribution in [0.3, 0.4) is 0 Å². The molecule has 0 saturated carbocycles. The Labute approximate surface area is 236 Å². The monoisotopic (exact) mass is 551 g/mol. The maximum atomic E-state index is 13.7. The van der Waals surface area contributed by atoms with E-state index < -0.39 is 29.8 Å². The molecule has 2 aromatic rings. The molecule has 0 radical (unpaired) electrons. The third-order valence-corrected chi connectivity index (χ3v) is 6.74. The molecule has 0 spiro atoms. The molecule has 2 heterocycles. The second-order valence-corrected chi connectivity index (χ2v) is 11.1. The zero-order chi connectivity index (χ0) is 29.2. The summed E-state index contributed by atoms with van der Waals surface area (Å²) in [5, 5.41) is 8.32. The molecule has 3 rings (SSSR count). The fraction of sp³-hybridized carbons (Fsp3) is 0.500. The van der Waals surface area contributed by atoms with Gasteiger partial charge in [0, 0.05) is 26.0 Å². The van der Waals surface area contributed by atoms with E-state index in [-0.39, 0.29) is 48.9 Å². The molecule has 4 amide bonds. The highest BCUT2D eigenvalue weighted by Crippen LogP contribution is 2.22. The number of fused-ring (bicyclic) bond motifs is 1. The van der Waals surface area contributed by atoms with Gasteiger partial charge in [0.2, 0.25) is 17.7 Å². The van der Waals surface area contributed by atoms with Crippen molar-refractivity contribution in [2.75, 3.05) is 13.7 Å². The number of likely N-dealkylation sites (N-methyl/N-ethyl adjacent to an activating group) is 1. The van der Waals surface area contributed by atoms with Crippen LogP contribution in [0.4, 0.5) is 0 Å². The number of rotatable bonds is 7. The molecule has 1 aliphatic heterocycles. The second-order valence-electron chi connectivity index (χ2n) is 11.1. The van der Waals surface area contributed by atoms with Crippen molar-refractivity contribution in [2.24, 2.45) is 11.8 Å². The fourth-order valence-electron chi connectivity index (χ4n) is 4.67. The number of hydrogen-bond donors (Lipinski definition) is 3. The van der Waals surface area contributed by atoms with E-state index >= 15 is 0 Å². The lowest BCUT2D eigenvalue weighted by atomic mass is 9.99. The summed E-state index contributed by atoms with van der Waals surface area (Å²) in [4.78, 5) is 59.2. The number of nitrogens with zero attached hydrogens (tertiary/aromatic N) is 2. The zero-order valence-electron chi connectivity index (χ0n) is 24.0. The van der Waals surface area contributed by atoms with E-state index in [0.29, 0.717) is 18.6 Å². The molecule has 0 bridgehead atoms. The summed E-state index contributed by atoms with van der Waals surface area (Å²) in [6.07, 6.45) is 4.02. The van der Waals surface area contributed by atoms with Crippen molar-refractivity contribution in [3.8, 4) is 5.75 Å².